The van der Waals surface area contributed by atoms with Crippen LogP contribution in [-0.2, 0) is 6.61 Å². The summed E-state index contributed by atoms with van der Waals surface area (Å²) in [5.41, 5.74) is 2.72. The van der Waals surface area contributed by atoms with E-state index in [2.05, 4.69) is 10.3 Å². The minimum Gasteiger partial charge on any atom is -0.392 e. The molecule has 2 aromatic rings. The Morgan fingerprint density at radius 3 is 2.94 bits per heavy atom. The fourth-order valence-electron chi connectivity index (χ4n) is 1.54. The molecule has 17 heavy (non-hydrogen) atoms. The molecule has 0 amide bonds. The van der Waals surface area contributed by atoms with Gasteiger partial charge in [0.2, 0.25) is 0 Å². The van der Waals surface area contributed by atoms with Crippen LogP contribution in [0.25, 0.3) is 0 Å². The van der Waals surface area contributed by atoms with Crippen LogP contribution in [0.4, 0.5) is 11.5 Å². The molecule has 3 nitrogen and oxygen atoms in total. The Morgan fingerprint density at radius 1 is 1.35 bits per heavy atom. The van der Waals surface area contributed by atoms with Crippen LogP contribution < -0.4 is 5.32 Å². The molecule has 0 saturated heterocycles. The largest absolute Gasteiger partial charge is 0.392 e. The quantitative estimate of drug-likeness (QED) is 0.876. The van der Waals surface area contributed by atoms with Gasteiger partial charge in [-0.25, -0.2) is 4.98 Å². The molecule has 0 aliphatic carbocycles. The lowest BCUT2D eigenvalue weighted by molar-refractivity contribution is 0.282. The second-order valence-electron chi connectivity index (χ2n) is 3.75. The summed E-state index contributed by atoms with van der Waals surface area (Å²) in [4.78, 5) is 4.20. The Hall–Kier alpha value is -1.58. The number of aryl methyl sites for hydroxylation is 1. The first-order valence-electron chi connectivity index (χ1n) is 5.28. The van der Waals surface area contributed by atoms with E-state index in [1.54, 1.807) is 12.3 Å². The van der Waals surface area contributed by atoms with E-state index in [1.165, 1.54) is 0 Å². The lowest BCUT2D eigenvalue weighted by atomic mass is 10.2. The number of hydrogen-bond acceptors (Lipinski definition) is 3. The van der Waals surface area contributed by atoms with Crippen molar-refractivity contribution in [1.82, 2.24) is 4.98 Å². The van der Waals surface area contributed by atoms with Crippen molar-refractivity contribution in [3.8, 4) is 0 Å². The van der Waals surface area contributed by atoms with Crippen LogP contribution in [-0.4, -0.2) is 10.1 Å². The summed E-state index contributed by atoms with van der Waals surface area (Å²) in [6.07, 6.45) is 1.68. The third-order valence-electron chi connectivity index (χ3n) is 2.51. The summed E-state index contributed by atoms with van der Waals surface area (Å²) in [7, 11) is 0. The van der Waals surface area contributed by atoms with Crippen molar-refractivity contribution in [2.75, 3.05) is 5.32 Å². The van der Waals surface area contributed by atoms with Crippen LogP contribution in [0.2, 0.25) is 5.02 Å². The number of rotatable bonds is 3. The molecule has 88 valence electrons. The number of nitrogens with zero attached hydrogens (tertiary/aromatic N) is 1. The number of aliphatic hydroxyl groups excluding tert-OH is 1. The Kier molecular flexibility index (Phi) is 3.61. The lowest BCUT2D eigenvalue weighted by Gasteiger charge is -2.11. The van der Waals surface area contributed by atoms with Gasteiger partial charge in [0, 0.05) is 22.5 Å². The highest BCUT2D eigenvalue weighted by Crippen LogP contribution is 2.24. The summed E-state index contributed by atoms with van der Waals surface area (Å²) in [6, 6.07) is 9.24. The molecule has 0 aliphatic rings. The summed E-state index contributed by atoms with van der Waals surface area (Å²) in [5.74, 6) is 0.653. The maximum absolute atomic E-state index is 9.21. The minimum absolute atomic E-state index is 0.0458. The van der Waals surface area contributed by atoms with E-state index in [0.717, 1.165) is 16.8 Å². The van der Waals surface area contributed by atoms with E-state index in [1.807, 2.05) is 31.2 Å². The van der Waals surface area contributed by atoms with Crippen molar-refractivity contribution in [3.63, 3.8) is 0 Å². The van der Waals surface area contributed by atoms with E-state index in [0.29, 0.717) is 10.8 Å². The summed E-state index contributed by atoms with van der Waals surface area (Å²) < 4.78 is 0. The monoisotopic (exact) mass is 248 g/mol. The number of pyridine rings is 1. The molecule has 1 heterocycles. The highest BCUT2D eigenvalue weighted by atomic mass is 35.5. The topological polar surface area (TPSA) is 45.2 Å². The summed E-state index contributed by atoms with van der Waals surface area (Å²) in [5, 5.41) is 13.1. The van der Waals surface area contributed by atoms with Crippen LogP contribution in [0, 0.1) is 6.92 Å². The molecule has 0 saturated carbocycles. The first kappa shape index (κ1) is 11.9. The average Bonchev–Trinajstić information content (AvgIpc) is 2.34. The van der Waals surface area contributed by atoms with Gasteiger partial charge >= 0.3 is 0 Å². The van der Waals surface area contributed by atoms with Gasteiger partial charge in [-0.1, -0.05) is 23.7 Å². The smallest absolute Gasteiger partial charge is 0.135 e. The Balaban J connectivity index is 2.34. The second-order valence-corrected chi connectivity index (χ2v) is 4.19. The van der Waals surface area contributed by atoms with Crippen LogP contribution in [0.1, 0.15) is 11.1 Å². The molecule has 0 unspecified atom stereocenters. The molecule has 2 rings (SSSR count). The molecule has 0 radical (unpaired) electrons. The maximum atomic E-state index is 9.21. The molecule has 0 aliphatic heterocycles. The van der Waals surface area contributed by atoms with Gasteiger partial charge in [-0.15, -0.1) is 0 Å². The highest BCUT2D eigenvalue weighted by molar-refractivity contribution is 6.30. The number of halogens is 1. The molecular weight excluding hydrogens is 236 g/mol. The van der Waals surface area contributed by atoms with Crippen molar-refractivity contribution in [3.05, 3.63) is 52.7 Å². The van der Waals surface area contributed by atoms with Crippen molar-refractivity contribution in [2.45, 2.75) is 13.5 Å². The van der Waals surface area contributed by atoms with Gasteiger partial charge < -0.3 is 10.4 Å². The molecular formula is C13H13ClN2O. The summed E-state index contributed by atoms with van der Waals surface area (Å²) >= 11 is 5.95. The molecule has 0 atom stereocenters. The first-order chi connectivity index (χ1) is 8.20. The van der Waals surface area contributed by atoms with Gasteiger partial charge in [-0.05, 0) is 30.7 Å². The number of anilines is 2. The number of aliphatic hydroxyl groups is 1. The Bertz CT molecular complexity index is 529. The van der Waals surface area contributed by atoms with Crippen molar-refractivity contribution in [1.29, 1.82) is 0 Å². The van der Waals surface area contributed by atoms with Gasteiger partial charge in [-0.2, -0.15) is 0 Å². The lowest BCUT2D eigenvalue weighted by Crippen LogP contribution is -2.00. The number of hydrogen-bond donors (Lipinski definition) is 2. The van der Waals surface area contributed by atoms with Crippen LogP contribution in [0.5, 0.6) is 0 Å². The first-order valence-corrected chi connectivity index (χ1v) is 5.66. The van der Waals surface area contributed by atoms with Crippen LogP contribution >= 0.6 is 11.6 Å². The molecule has 4 heteroatoms. The zero-order valence-corrected chi connectivity index (χ0v) is 10.2. The van der Waals surface area contributed by atoms with E-state index >= 15 is 0 Å². The minimum atomic E-state index is -0.0458. The fourth-order valence-corrected chi connectivity index (χ4v) is 1.71. The second kappa shape index (κ2) is 5.17. The number of benzene rings is 1. The zero-order valence-electron chi connectivity index (χ0n) is 9.44. The third-order valence-corrected chi connectivity index (χ3v) is 2.75. The van der Waals surface area contributed by atoms with Crippen LogP contribution in [0.15, 0.2) is 36.5 Å². The van der Waals surface area contributed by atoms with Gasteiger partial charge in [-0.3, -0.25) is 0 Å². The van der Waals surface area contributed by atoms with Gasteiger partial charge in [0.25, 0.3) is 0 Å². The zero-order chi connectivity index (χ0) is 12.3. The Labute approximate surface area is 105 Å². The van der Waals surface area contributed by atoms with E-state index < -0.39 is 0 Å². The van der Waals surface area contributed by atoms with Crippen molar-refractivity contribution >= 4 is 23.1 Å². The predicted octanol–water partition coefficient (Wildman–Crippen LogP) is 3.28. The molecule has 1 aromatic heterocycles. The van der Waals surface area contributed by atoms with E-state index in [-0.39, 0.29) is 6.61 Å². The SMILES string of the molecule is Cc1ccc(Cl)cc1Nc1ncccc1CO. The molecule has 0 bridgehead atoms. The fraction of sp³-hybridized carbons (Fsp3) is 0.154. The van der Waals surface area contributed by atoms with E-state index in [4.69, 9.17) is 11.6 Å². The number of aromatic nitrogens is 1. The third kappa shape index (κ3) is 2.75. The molecule has 1 aromatic carbocycles. The van der Waals surface area contributed by atoms with Crippen molar-refractivity contribution in [2.24, 2.45) is 0 Å². The average molecular weight is 249 g/mol. The highest BCUT2D eigenvalue weighted by Gasteiger charge is 2.05. The van der Waals surface area contributed by atoms with E-state index in [9.17, 15) is 5.11 Å². The maximum Gasteiger partial charge on any atom is 0.135 e. The van der Waals surface area contributed by atoms with Gasteiger partial charge in [0.15, 0.2) is 0 Å². The summed E-state index contributed by atoms with van der Waals surface area (Å²) in [6.45, 7) is 1.94. The molecule has 0 fully saturated rings. The van der Waals surface area contributed by atoms with Gasteiger partial charge in [0.1, 0.15) is 5.82 Å². The standard InChI is InChI=1S/C13H13ClN2O/c1-9-4-5-11(14)7-12(9)16-13-10(8-17)3-2-6-15-13/h2-7,17H,8H2,1H3,(H,15,16). The van der Waals surface area contributed by atoms with Crippen molar-refractivity contribution < 1.29 is 5.11 Å². The molecule has 0 spiro atoms. The van der Waals surface area contributed by atoms with Gasteiger partial charge in [0.05, 0.1) is 6.61 Å². The normalized spacial score (nSPS) is 10.3. The number of nitrogens with one attached hydrogen (secondary N) is 1. The predicted molar refractivity (Wildman–Crippen MR) is 69.6 cm³/mol. The van der Waals surface area contributed by atoms with Crippen LogP contribution in [0.3, 0.4) is 0 Å². The Morgan fingerprint density at radius 2 is 2.18 bits per heavy atom. The molecule has 2 N–H and O–H groups in total.